The third-order valence-corrected chi connectivity index (χ3v) is 5.73. The van der Waals surface area contributed by atoms with Crippen LogP contribution >= 0.6 is 0 Å². The van der Waals surface area contributed by atoms with Crippen LogP contribution in [0.4, 0.5) is 11.4 Å². The van der Waals surface area contributed by atoms with Crippen molar-refractivity contribution in [3.05, 3.63) is 54.1 Å². The number of hydrogen-bond donors (Lipinski definition) is 1. The van der Waals surface area contributed by atoms with E-state index in [2.05, 4.69) is 5.32 Å². The summed E-state index contributed by atoms with van der Waals surface area (Å²) in [5.41, 5.74) is 1.64. The fourth-order valence-corrected chi connectivity index (χ4v) is 4.24. The van der Waals surface area contributed by atoms with Crippen LogP contribution in [-0.4, -0.2) is 33.7 Å². The van der Waals surface area contributed by atoms with Crippen LogP contribution < -0.4 is 14.4 Å². The molecule has 1 aliphatic rings. The molecule has 1 fully saturated rings. The number of nitrogens with one attached hydrogen (secondary N) is 1. The number of sulfonamides is 1. The zero-order chi connectivity index (χ0) is 17.2. The summed E-state index contributed by atoms with van der Waals surface area (Å²) < 4.78 is 30.4. The average molecular weight is 346 g/mol. The normalized spacial score (nSPS) is 16.0. The van der Waals surface area contributed by atoms with Gasteiger partial charge in [-0.2, -0.15) is 0 Å². The molecule has 1 heterocycles. The molecule has 1 N–H and O–H groups in total. The van der Waals surface area contributed by atoms with Crippen LogP contribution in [0.1, 0.15) is 16.8 Å². The Labute approximate surface area is 141 Å². The Hall–Kier alpha value is -2.54. The highest BCUT2D eigenvalue weighted by atomic mass is 32.2. The van der Waals surface area contributed by atoms with Crippen LogP contribution in [0.5, 0.6) is 5.75 Å². The second kappa shape index (κ2) is 6.52. The van der Waals surface area contributed by atoms with E-state index in [1.54, 1.807) is 48.5 Å². The van der Waals surface area contributed by atoms with Gasteiger partial charge in [0.15, 0.2) is 0 Å². The number of carbonyl (C=O) groups excluding carboxylic acids is 1. The fraction of sp³-hybridized carbons (Fsp3) is 0.235. The Morgan fingerprint density at radius 2 is 1.83 bits per heavy atom. The van der Waals surface area contributed by atoms with Crippen LogP contribution in [0.2, 0.25) is 0 Å². The van der Waals surface area contributed by atoms with Gasteiger partial charge in [-0.1, -0.05) is 12.1 Å². The lowest BCUT2D eigenvalue weighted by Crippen LogP contribution is -2.25. The molecule has 0 unspecified atom stereocenters. The smallest absolute Gasteiger partial charge is 0.259 e. The monoisotopic (exact) mass is 346 g/mol. The highest BCUT2D eigenvalue weighted by Crippen LogP contribution is 2.26. The molecular weight excluding hydrogens is 328 g/mol. The number of rotatable bonds is 4. The summed E-state index contributed by atoms with van der Waals surface area (Å²) in [4.78, 5) is 12.3. The van der Waals surface area contributed by atoms with Gasteiger partial charge in [0.2, 0.25) is 10.0 Å². The van der Waals surface area contributed by atoms with Gasteiger partial charge in [0.1, 0.15) is 5.75 Å². The number of ether oxygens (including phenoxy) is 1. The lowest BCUT2D eigenvalue weighted by molar-refractivity contribution is 0.102. The number of benzene rings is 2. The zero-order valence-corrected chi connectivity index (χ0v) is 14.0. The van der Waals surface area contributed by atoms with Crippen molar-refractivity contribution in [3.63, 3.8) is 0 Å². The Morgan fingerprint density at radius 1 is 1.12 bits per heavy atom. The predicted molar refractivity (Wildman–Crippen MR) is 93.1 cm³/mol. The van der Waals surface area contributed by atoms with Gasteiger partial charge in [-0.3, -0.25) is 9.10 Å². The minimum Gasteiger partial charge on any atom is -0.496 e. The number of methoxy groups -OCH3 is 1. The van der Waals surface area contributed by atoms with Crippen LogP contribution in [0.25, 0.3) is 0 Å². The van der Waals surface area contributed by atoms with Crippen molar-refractivity contribution < 1.29 is 17.9 Å². The summed E-state index contributed by atoms with van der Waals surface area (Å²) in [6.45, 7) is 0.495. The van der Waals surface area contributed by atoms with E-state index in [1.807, 2.05) is 0 Å². The Balaban J connectivity index is 1.76. The van der Waals surface area contributed by atoms with E-state index in [0.717, 1.165) is 0 Å². The van der Waals surface area contributed by atoms with Crippen LogP contribution in [-0.2, 0) is 10.0 Å². The first kappa shape index (κ1) is 16.3. The third-order valence-electron chi connectivity index (χ3n) is 3.86. The van der Waals surface area contributed by atoms with Crippen molar-refractivity contribution in [2.45, 2.75) is 6.42 Å². The Kier molecular flexibility index (Phi) is 4.44. The summed E-state index contributed by atoms with van der Waals surface area (Å²) in [6.07, 6.45) is 0.634. The molecule has 0 spiro atoms. The number of para-hydroxylation sites is 1. The zero-order valence-electron chi connectivity index (χ0n) is 13.2. The van der Waals surface area contributed by atoms with Gasteiger partial charge in [-0.05, 0) is 42.8 Å². The van der Waals surface area contributed by atoms with Crippen LogP contribution in [0.15, 0.2) is 48.5 Å². The largest absolute Gasteiger partial charge is 0.496 e. The molecule has 1 aliphatic heterocycles. The molecule has 3 rings (SSSR count). The molecule has 0 aliphatic carbocycles. The van der Waals surface area contributed by atoms with Crippen molar-refractivity contribution in [2.75, 3.05) is 29.0 Å². The molecule has 0 saturated carbocycles. The maximum Gasteiger partial charge on any atom is 0.259 e. The predicted octanol–water partition coefficient (Wildman–Crippen LogP) is 2.49. The first-order valence-corrected chi connectivity index (χ1v) is 9.17. The molecule has 2 aromatic rings. The second-order valence-electron chi connectivity index (χ2n) is 5.44. The molecule has 6 nitrogen and oxygen atoms in total. The van der Waals surface area contributed by atoms with E-state index >= 15 is 0 Å². The van der Waals surface area contributed by atoms with Crippen molar-refractivity contribution in [2.24, 2.45) is 0 Å². The average Bonchev–Trinajstić information content (AvgIpc) is 2.94. The second-order valence-corrected chi connectivity index (χ2v) is 7.46. The lowest BCUT2D eigenvalue weighted by atomic mass is 10.2. The van der Waals surface area contributed by atoms with E-state index < -0.39 is 10.0 Å². The highest BCUT2D eigenvalue weighted by molar-refractivity contribution is 7.93. The van der Waals surface area contributed by atoms with Gasteiger partial charge in [0.25, 0.3) is 5.91 Å². The van der Waals surface area contributed by atoms with Crippen LogP contribution in [0, 0.1) is 0 Å². The third kappa shape index (κ3) is 3.21. The molecule has 0 bridgehead atoms. The molecule has 7 heteroatoms. The maximum atomic E-state index is 12.3. The highest BCUT2D eigenvalue weighted by Gasteiger charge is 2.28. The molecule has 0 radical (unpaired) electrons. The van der Waals surface area contributed by atoms with Gasteiger partial charge in [0.05, 0.1) is 24.1 Å². The van der Waals surface area contributed by atoms with Crippen molar-refractivity contribution in [1.29, 1.82) is 0 Å². The number of amides is 1. The fourth-order valence-electron chi connectivity index (χ4n) is 2.67. The SMILES string of the molecule is COc1ccccc1C(=O)Nc1ccc(N2CCCS2(=O)=O)cc1. The first-order valence-electron chi connectivity index (χ1n) is 7.56. The molecule has 0 aromatic heterocycles. The summed E-state index contributed by atoms with van der Waals surface area (Å²) in [7, 11) is -1.69. The molecule has 2 aromatic carbocycles. The molecule has 1 saturated heterocycles. The summed E-state index contributed by atoms with van der Waals surface area (Å²) in [6, 6.07) is 13.7. The van der Waals surface area contributed by atoms with Crippen molar-refractivity contribution in [1.82, 2.24) is 0 Å². The van der Waals surface area contributed by atoms with Crippen molar-refractivity contribution in [3.8, 4) is 5.75 Å². The summed E-state index contributed by atoms with van der Waals surface area (Å²) in [5, 5.41) is 2.78. The molecular formula is C17H18N2O4S. The Morgan fingerprint density at radius 3 is 2.46 bits per heavy atom. The minimum atomic E-state index is -3.20. The molecule has 24 heavy (non-hydrogen) atoms. The van der Waals surface area contributed by atoms with E-state index in [-0.39, 0.29) is 11.7 Å². The number of carbonyl (C=O) groups is 1. The van der Waals surface area contributed by atoms with Gasteiger partial charge in [-0.25, -0.2) is 8.42 Å². The standard InChI is InChI=1S/C17H18N2O4S/c1-23-16-6-3-2-5-15(16)17(20)18-13-7-9-14(10-8-13)19-11-4-12-24(19,21)22/h2-3,5-10H,4,11-12H2,1H3,(H,18,20). The van der Waals surface area contributed by atoms with E-state index in [4.69, 9.17) is 4.74 Å². The molecule has 0 atom stereocenters. The van der Waals surface area contributed by atoms with Gasteiger partial charge < -0.3 is 10.1 Å². The topological polar surface area (TPSA) is 75.7 Å². The summed E-state index contributed by atoms with van der Waals surface area (Å²) in [5.74, 6) is 0.392. The van der Waals surface area contributed by atoms with E-state index in [9.17, 15) is 13.2 Å². The van der Waals surface area contributed by atoms with Crippen LogP contribution in [0.3, 0.4) is 0 Å². The van der Waals surface area contributed by atoms with E-state index in [0.29, 0.717) is 35.7 Å². The van der Waals surface area contributed by atoms with E-state index in [1.165, 1.54) is 11.4 Å². The Bertz CT molecular complexity index is 847. The quantitative estimate of drug-likeness (QED) is 0.923. The van der Waals surface area contributed by atoms with Gasteiger partial charge in [-0.15, -0.1) is 0 Å². The number of anilines is 2. The van der Waals surface area contributed by atoms with Gasteiger partial charge >= 0.3 is 0 Å². The summed E-state index contributed by atoms with van der Waals surface area (Å²) >= 11 is 0. The number of nitrogens with zero attached hydrogens (tertiary/aromatic N) is 1. The maximum absolute atomic E-state index is 12.3. The van der Waals surface area contributed by atoms with Gasteiger partial charge in [0, 0.05) is 12.2 Å². The van der Waals surface area contributed by atoms with Crippen molar-refractivity contribution >= 4 is 27.3 Å². The lowest BCUT2D eigenvalue weighted by Gasteiger charge is -2.17. The first-order chi connectivity index (χ1) is 11.5. The minimum absolute atomic E-state index is 0.180. The molecule has 1 amide bonds. The number of hydrogen-bond acceptors (Lipinski definition) is 4. The molecule has 126 valence electrons.